The van der Waals surface area contributed by atoms with Crippen LogP contribution >= 0.6 is 0 Å². The maximum absolute atomic E-state index is 11.1. The average molecular weight is 287 g/mol. The van der Waals surface area contributed by atoms with Crippen molar-refractivity contribution in [3.8, 4) is 18.1 Å². The molecule has 21 heavy (non-hydrogen) atoms. The molecule has 0 bridgehead atoms. The molecule has 112 valence electrons. The Morgan fingerprint density at radius 1 is 1.38 bits per heavy atom. The Balaban J connectivity index is 2.38. The summed E-state index contributed by atoms with van der Waals surface area (Å²) < 4.78 is 10.3. The first-order valence-electron chi connectivity index (χ1n) is 6.82. The number of carbonyl (C=O) groups is 1. The summed E-state index contributed by atoms with van der Waals surface area (Å²) in [6.45, 7) is 3.89. The van der Waals surface area contributed by atoms with Crippen molar-refractivity contribution in [2.45, 2.75) is 13.5 Å². The number of esters is 1. The summed E-state index contributed by atoms with van der Waals surface area (Å²) >= 11 is 0. The fourth-order valence-electron chi connectivity index (χ4n) is 1.69. The number of nitrogens with zero attached hydrogens (tertiary/aromatic N) is 1. The van der Waals surface area contributed by atoms with Crippen LogP contribution in [0.2, 0.25) is 0 Å². The third kappa shape index (κ3) is 7.19. The van der Waals surface area contributed by atoms with E-state index in [0.29, 0.717) is 19.8 Å². The number of carbonyl (C=O) groups excluding carboxylic acids is 1. The Morgan fingerprint density at radius 2 is 2.10 bits per heavy atom. The van der Waals surface area contributed by atoms with E-state index in [-0.39, 0.29) is 5.97 Å². The second-order valence-electron chi connectivity index (χ2n) is 4.49. The number of rotatable bonds is 8. The quantitative estimate of drug-likeness (QED) is 0.417. The van der Waals surface area contributed by atoms with Crippen LogP contribution in [0.5, 0.6) is 5.75 Å². The molecule has 0 aliphatic rings. The SMILES string of the molecule is C#CCN(C)Cc1ccc(OCC=CC(=O)OCC)cc1. The number of benzene rings is 1. The fourth-order valence-corrected chi connectivity index (χ4v) is 1.69. The highest BCUT2D eigenvalue weighted by atomic mass is 16.5. The minimum absolute atomic E-state index is 0.329. The van der Waals surface area contributed by atoms with Gasteiger partial charge in [-0.15, -0.1) is 6.42 Å². The second-order valence-corrected chi connectivity index (χ2v) is 4.49. The van der Waals surface area contributed by atoms with E-state index < -0.39 is 0 Å². The molecule has 0 saturated heterocycles. The van der Waals surface area contributed by atoms with Crippen LogP contribution in [-0.4, -0.2) is 37.7 Å². The minimum atomic E-state index is -0.354. The Kier molecular flexibility index (Phi) is 7.70. The number of hydrogen-bond acceptors (Lipinski definition) is 4. The molecule has 0 N–H and O–H groups in total. The lowest BCUT2D eigenvalue weighted by Gasteiger charge is -2.13. The monoisotopic (exact) mass is 287 g/mol. The van der Waals surface area contributed by atoms with Gasteiger partial charge in [0.15, 0.2) is 0 Å². The fraction of sp³-hybridized carbons (Fsp3) is 0.353. The van der Waals surface area contributed by atoms with E-state index in [9.17, 15) is 4.79 Å². The van der Waals surface area contributed by atoms with Crippen LogP contribution in [0.1, 0.15) is 12.5 Å². The van der Waals surface area contributed by atoms with Gasteiger partial charge >= 0.3 is 5.97 Å². The van der Waals surface area contributed by atoms with Gasteiger partial charge in [-0.25, -0.2) is 4.79 Å². The Labute approximate surface area is 126 Å². The topological polar surface area (TPSA) is 38.8 Å². The van der Waals surface area contributed by atoms with Crippen LogP contribution in [-0.2, 0) is 16.1 Å². The Morgan fingerprint density at radius 3 is 2.71 bits per heavy atom. The first-order chi connectivity index (χ1) is 10.2. The number of terminal acetylenes is 1. The largest absolute Gasteiger partial charge is 0.490 e. The molecule has 0 aliphatic heterocycles. The lowest BCUT2D eigenvalue weighted by molar-refractivity contribution is -0.137. The molecule has 1 rings (SSSR count). The van der Waals surface area contributed by atoms with Crippen molar-refractivity contribution in [2.75, 3.05) is 26.8 Å². The van der Waals surface area contributed by atoms with Crippen LogP contribution < -0.4 is 4.74 Å². The molecule has 0 radical (unpaired) electrons. The zero-order chi connectivity index (χ0) is 15.5. The van der Waals surface area contributed by atoms with Gasteiger partial charge in [-0.1, -0.05) is 18.1 Å². The molecule has 0 spiro atoms. The number of hydrogen-bond donors (Lipinski definition) is 0. The highest BCUT2D eigenvalue weighted by molar-refractivity contribution is 5.81. The van der Waals surface area contributed by atoms with Gasteiger partial charge in [0.2, 0.25) is 0 Å². The van der Waals surface area contributed by atoms with E-state index in [4.69, 9.17) is 15.9 Å². The Hall–Kier alpha value is -2.25. The maximum atomic E-state index is 11.1. The van der Waals surface area contributed by atoms with E-state index >= 15 is 0 Å². The Bertz CT molecular complexity index is 500. The van der Waals surface area contributed by atoms with Crippen LogP contribution in [0.4, 0.5) is 0 Å². The molecule has 0 heterocycles. The molecule has 0 aromatic heterocycles. The molecular weight excluding hydrogens is 266 g/mol. The summed E-state index contributed by atoms with van der Waals surface area (Å²) in [5.41, 5.74) is 1.17. The minimum Gasteiger partial charge on any atom is -0.490 e. The highest BCUT2D eigenvalue weighted by Gasteiger charge is 1.99. The molecule has 1 aromatic carbocycles. The van der Waals surface area contributed by atoms with E-state index in [2.05, 4.69) is 10.8 Å². The molecule has 4 heteroatoms. The smallest absolute Gasteiger partial charge is 0.330 e. The number of ether oxygens (including phenoxy) is 2. The lowest BCUT2D eigenvalue weighted by Crippen LogP contribution is -2.17. The third-order valence-corrected chi connectivity index (χ3v) is 2.62. The highest BCUT2D eigenvalue weighted by Crippen LogP contribution is 2.13. The van der Waals surface area contributed by atoms with Gasteiger partial charge in [0.1, 0.15) is 12.4 Å². The van der Waals surface area contributed by atoms with Crippen LogP contribution in [0.3, 0.4) is 0 Å². The normalized spacial score (nSPS) is 10.6. The van der Waals surface area contributed by atoms with Crippen LogP contribution in [0.15, 0.2) is 36.4 Å². The van der Waals surface area contributed by atoms with Gasteiger partial charge in [-0.3, -0.25) is 4.90 Å². The van der Waals surface area contributed by atoms with Gasteiger partial charge < -0.3 is 9.47 Å². The van der Waals surface area contributed by atoms with Crippen molar-refractivity contribution in [2.24, 2.45) is 0 Å². The van der Waals surface area contributed by atoms with Gasteiger partial charge in [-0.2, -0.15) is 0 Å². The second kappa shape index (κ2) is 9.62. The summed E-state index contributed by atoms with van der Waals surface area (Å²) in [5.74, 6) is 3.01. The van der Waals surface area contributed by atoms with E-state index in [0.717, 1.165) is 12.3 Å². The van der Waals surface area contributed by atoms with Crippen LogP contribution in [0, 0.1) is 12.3 Å². The van der Waals surface area contributed by atoms with Gasteiger partial charge in [0.05, 0.1) is 13.2 Å². The van der Waals surface area contributed by atoms with Crippen molar-refractivity contribution in [3.63, 3.8) is 0 Å². The molecule has 0 fully saturated rings. The summed E-state index contributed by atoms with van der Waals surface area (Å²) in [4.78, 5) is 13.1. The molecule has 0 saturated carbocycles. The van der Waals surface area contributed by atoms with Crippen molar-refractivity contribution in [1.29, 1.82) is 0 Å². The molecule has 0 unspecified atom stereocenters. The third-order valence-electron chi connectivity index (χ3n) is 2.62. The van der Waals surface area contributed by atoms with E-state index in [1.807, 2.05) is 31.3 Å². The molecule has 0 aliphatic carbocycles. The zero-order valence-electron chi connectivity index (χ0n) is 12.5. The van der Waals surface area contributed by atoms with Gasteiger partial charge in [0, 0.05) is 12.6 Å². The lowest BCUT2D eigenvalue weighted by atomic mass is 10.2. The standard InChI is InChI=1S/C17H21NO3/c1-4-12-18(3)14-15-8-10-16(11-9-15)21-13-6-7-17(19)20-5-2/h1,6-11H,5,12-14H2,2-3H3. The molecule has 4 nitrogen and oxygen atoms in total. The average Bonchev–Trinajstić information content (AvgIpc) is 2.46. The molecule has 1 aromatic rings. The maximum Gasteiger partial charge on any atom is 0.330 e. The predicted molar refractivity (Wildman–Crippen MR) is 82.9 cm³/mol. The summed E-state index contributed by atoms with van der Waals surface area (Å²) in [7, 11) is 1.98. The van der Waals surface area contributed by atoms with Crippen LogP contribution in [0.25, 0.3) is 0 Å². The zero-order valence-corrected chi connectivity index (χ0v) is 12.5. The predicted octanol–water partition coefficient (Wildman–Crippen LogP) is 2.25. The van der Waals surface area contributed by atoms with Crippen molar-refractivity contribution >= 4 is 5.97 Å². The van der Waals surface area contributed by atoms with Crippen molar-refractivity contribution in [1.82, 2.24) is 4.90 Å². The summed E-state index contributed by atoms with van der Waals surface area (Å²) in [6, 6.07) is 7.79. The van der Waals surface area contributed by atoms with Crippen molar-refractivity contribution in [3.05, 3.63) is 42.0 Å². The summed E-state index contributed by atoms with van der Waals surface area (Å²) in [6.07, 6.45) is 8.26. The molecular formula is C17H21NO3. The first-order valence-corrected chi connectivity index (χ1v) is 6.82. The van der Waals surface area contributed by atoms with Gasteiger partial charge in [-0.05, 0) is 37.7 Å². The van der Waals surface area contributed by atoms with E-state index in [1.165, 1.54) is 11.6 Å². The molecule has 0 atom stereocenters. The first kappa shape index (κ1) is 16.8. The molecule has 0 amide bonds. The van der Waals surface area contributed by atoms with Gasteiger partial charge in [0.25, 0.3) is 0 Å². The van der Waals surface area contributed by atoms with E-state index in [1.54, 1.807) is 13.0 Å². The summed E-state index contributed by atoms with van der Waals surface area (Å²) in [5, 5.41) is 0. The van der Waals surface area contributed by atoms with Crippen molar-refractivity contribution < 1.29 is 14.3 Å².